The maximum atomic E-state index is 12.1. The van der Waals surface area contributed by atoms with Crippen LogP contribution in [0.3, 0.4) is 0 Å². The molecule has 0 spiro atoms. The number of aryl methyl sites for hydroxylation is 1. The third kappa shape index (κ3) is 4.41. The molecule has 0 bridgehead atoms. The maximum Gasteiger partial charge on any atom is 0.328 e. The van der Waals surface area contributed by atoms with Crippen LogP contribution < -0.4 is 10.6 Å². The number of nitrogens with zero attached hydrogens (tertiary/aromatic N) is 3. The minimum Gasteiger partial charge on any atom is -0.273 e. The normalized spacial score (nSPS) is 14.3. The average Bonchev–Trinajstić information content (AvgIpc) is 3.05. The van der Waals surface area contributed by atoms with Gasteiger partial charge in [-0.05, 0) is 17.1 Å². The van der Waals surface area contributed by atoms with E-state index in [-0.39, 0.29) is 17.4 Å². The Balaban J connectivity index is 2.05. The van der Waals surface area contributed by atoms with Crippen molar-refractivity contribution in [1.29, 1.82) is 5.26 Å². The summed E-state index contributed by atoms with van der Waals surface area (Å²) in [4.78, 5) is 35.4. The number of hydrogen-bond donors (Lipinski definition) is 2. The first-order valence-electron chi connectivity index (χ1n) is 9.12. The van der Waals surface area contributed by atoms with E-state index < -0.39 is 17.8 Å². The summed E-state index contributed by atoms with van der Waals surface area (Å²) in [6, 6.07) is 9.12. The Hall–Kier alpha value is -3.73. The minimum absolute atomic E-state index is 0.000302. The Kier molecular flexibility index (Phi) is 5.33. The molecule has 29 heavy (non-hydrogen) atoms. The Morgan fingerprint density at radius 2 is 1.72 bits per heavy atom. The predicted octanol–water partition coefficient (Wildman–Crippen LogP) is 2.51. The molecule has 1 saturated heterocycles. The zero-order chi connectivity index (χ0) is 21.2. The van der Waals surface area contributed by atoms with Crippen molar-refractivity contribution in [3.05, 3.63) is 47.2 Å². The highest BCUT2D eigenvalue weighted by atomic mass is 16.2. The zero-order valence-electron chi connectivity index (χ0n) is 16.4. The van der Waals surface area contributed by atoms with Crippen LogP contribution in [0.2, 0.25) is 0 Å². The molecule has 4 amide bonds. The molecular formula is C21H21N5O3. The van der Waals surface area contributed by atoms with Gasteiger partial charge in [-0.1, -0.05) is 45.0 Å². The molecule has 1 aromatic carbocycles. The summed E-state index contributed by atoms with van der Waals surface area (Å²) in [6.07, 6.45) is 3.35. The number of amides is 4. The van der Waals surface area contributed by atoms with Crippen molar-refractivity contribution in [2.24, 2.45) is 0 Å². The molecule has 2 N–H and O–H groups in total. The summed E-state index contributed by atoms with van der Waals surface area (Å²) in [5.41, 5.74) is 2.91. The fourth-order valence-electron chi connectivity index (χ4n) is 2.94. The van der Waals surface area contributed by atoms with Crippen molar-refractivity contribution in [3.8, 4) is 17.3 Å². The third-order valence-electron chi connectivity index (χ3n) is 4.51. The standard InChI is InChI=1S/C21H21N5O3/c1-21(2,3)15-7-5-13(6-8-15)17-14(12-26(25-17)10-4-9-22)11-16-18(27)23-20(29)24-19(16)28/h5-8,11-12H,4,10H2,1-3H3,(H2,23,24,27,28,29). The molecule has 0 aliphatic carbocycles. The van der Waals surface area contributed by atoms with Crippen LogP contribution in [0.5, 0.6) is 0 Å². The molecule has 1 aliphatic rings. The van der Waals surface area contributed by atoms with Gasteiger partial charge in [-0.25, -0.2) is 4.79 Å². The number of carbonyl (C=O) groups is 3. The lowest BCUT2D eigenvalue weighted by Crippen LogP contribution is -2.51. The van der Waals surface area contributed by atoms with Crippen LogP contribution in [0.1, 0.15) is 38.3 Å². The molecule has 1 aliphatic heterocycles. The number of benzene rings is 1. The number of imide groups is 2. The minimum atomic E-state index is -0.847. The van der Waals surface area contributed by atoms with Crippen molar-refractivity contribution in [2.45, 2.75) is 39.2 Å². The van der Waals surface area contributed by atoms with E-state index in [1.165, 1.54) is 6.08 Å². The van der Waals surface area contributed by atoms with Crippen molar-refractivity contribution in [3.63, 3.8) is 0 Å². The van der Waals surface area contributed by atoms with Gasteiger partial charge < -0.3 is 0 Å². The monoisotopic (exact) mass is 391 g/mol. The largest absolute Gasteiger partial charge is 0.328 e. The summed E-state index contributed by atoms with van der Waals surface area (Å²) in [6.45, 7) is 6.74. The average molecular weight is 391 g/mol. The molecule has 8 nitrogen and oxygen atoms in total. The number of rotatable bonds is 4. The highest BCUT2D eigenvalue weighted by Crippen LogP contribution is 2.28. The summed E-state index contributed by atoms with van der Waals surface area (Å²) < 4.78 is 1.60. The van der Waals surface area contributed by atoms with Gasteiger partial charge in [0, 0.05) is 17.3 Å². The van der Waals surface area contributed by atoms with Gasteiger partial charge in [-0.2, -0.15) is 10.4 Å². The third-order valence-corrected chi connectivity index (χ3v) is 4.51. The van der Waals surface area contributed by atoms with Crippen molar-refractivity contribution >= 4 is 23.9 Å². The molecule has 1 aromatic heterocycles. The second-order valence-corrected chi connectivity index (χ2v) is 7.73. The molecule has 3 rings (SSSR count). The van der Waals surface area contributed by atoms with Gasteiger partial charge >= 0.3 is 6.03 Å². The van der Waals surface area contributed by atoms with E-state index in [9.17, 15) is 14.4 Å². The van der Waals surface area contributed by atoms with E-state index in [0.717, 1.165) is 11.1 Å². The first kappa shape index (κ1) is 20.0. The van der Waals surface area contributed by atoms with Gasteiger partial charge in [0.1, 0.15) is 5.57 Å². The van der Waals surface area contributed by atoms with Gasteiger partial charge in [0.25, 0.3) is 11.8 Å². The van der Waals surface area contributed by atoms with Crippen LogP contribution in [0.25, 0.3) is 17.3 Å². The highest BCUT2D eigenvalue weighted by molar-refractivity contribution is 6.31. The van der Waals surface area contributed by atoms with E-state index in [1.807, 2.05) is 24.3 Å². The quantitative estimate of drug-likeness (QED) is 0.613. The molecule has 2 aromatic rings. The SMILES string of the molecule is CC(C)(C)c1ccc(-c2nn(CCC#N)cc2C=C2C(=O)NC(=O)NC2=O)cc1. The molecule has 1 fully saturated rings. The van der Waals surface area contributed by atoms with E-state index in [2.05, 4.69) is 42.6 Å². The first-order chi connectivity index (χ1) is 13.7. The summed E-state index contributed by atoms with van der Waals surface area (Å²) in [7, 11) is 0. The smallest absolute Gasteiger partial charge is 0.273 e. The van der Waals surface area contributed by atoms with E-state index >= 15 is 0 Å². The van der Waals surface area contributed by atoms with E-state index in [0.29, 0.717) is 17.8 Å². The lowest BCUT2D eigenvalue weighted by Gasteiger charge is -2.19. The van der Waals surface area contributed by atoms with E-state index in [1.54, 1.807) is 10.9 Å². The molecule has 0 unspecified atom stereocenters. The summed E-state index contributed by atoms with van der Waals surface area (Å²) in [5, 5.41) is 17.5. The molecule has 0 saturated carbocycles. The van der Waals surface area contributed by atoms with Gasteiger partial charge in [0.2, 0.25) is 0 Å². The van der Waals surface area contributed by atoms with Gasteiger partial charge in [0.05, 0.1) is 24.7 Å². The van der Waals surface area contributed by atoms with Gasteiger partial charge in [0.15, 0.2) is 0 Å². The molecule has 8 heteroatoms. The maximum absolute atomic E-state index is 12.1. The van der Waals surface area contributed by atoms with Crippen molar-refractivity contribution in [2.75, 3.05) is 0 Å². The fourth-order valence-corrected chi connectivity index (χ4v) is 2.94. The fraction of sp³-hybridized carbons (Fsp3) is 0.286. The molecule has 148 valence electrons. The van der Waals surface area contributed by atoms with Gasteiger partial charge in [-0.15, -0.1) is 0 Å². The number of nitriles is 1. The van der Waals surface area contributed by atoms with Crippen LogP contribution in [-0.4, -0.2) is 27.6 Å². The van der Waals surface area contributed by atoms with Crippen LogP contribution in [0.4, 0.5) is 4.79 Å². The first-order valence-corrected chi connectivity index (χ1v) is 9.12. The van der Waals surface area contributed by atoms with Crippen LogP contribution in [0.15, 0.2) is 36.0 Å². The van der Waals surface area contributed by atoms with Crippen LogP contribution in [0, 0.1) is 11.3 Å². The Labute approximate surface area is 168 Å². The van der Waals surface area contributed by atoms with Crippen LogP contribution in [-0.2, 0) is 21.5 Å². The lowest BCUT2D eigenvalue weighted by molar-refractivity contribution is -0.123. The topological polar surface area (TPSA) is 117 Å². The summed E-state index contributed by atoms with van der Waals surface area (Å²) >= 11 is 0. The predicted molar refractivity (Wildman–Crippen MR) is 106 cm³/mol. The molecule has 0 atom stereocenters. The number of aromatic nitrogens is 2. The lowest BCUT2D eigenvalue weighted by atomic mass is 9.86. The molecular weight excluding hydrogens is 370 g/mol. The van der Waals surface area contributed by atoms with Crippen molar-refractivity contribution < 1.29 is 14.4 Å². The second-order valence-electron chi connectivity index (χ2n) is 7.73. The van der Waals surface area contributed by atoms with Crippen LogP contribution >= 0.6 is 0 Å². The number of carbonyl (C=O) groups excluding carboxylic acids is 3. The molecule has 2 heterocycles. The Bertz CT molecular complexity index is 1030. The highest BCUT2D eigenvalue weighted by Gasteiger charge is 2.28. The number of hydrogen-bond acceptors (Lipinski definition) is 5. The Morgan fingerprint density at radius 1 is 1.10 bits per heavy atom. The Morgan fingerprint density at radius 3 is 2.28 bits per heavy atom. The number of urea groups is 1. The molecule has 0 radical (unpaired) electrons. The zero-order valence-corrected chi connectivity index (χ0v) is 16.4. The second kappa shape index (κ2) is 7.72. The summed E-state index contributed by atoms with van der Waals surface area (Å²) in [5.74, 6) is -1.53. The van der Waals surface area contributed by atoms with E-state index in [4.69, 9.17) is 5.26 Å². The van der Waals surface area contributed by atoms with Gasteiger partial charge in [-0.3, -0.25) is 24.9 Å². The number of nitrogens with one attached hydrogen (secondary N) is 2. The van der Waals surface area contributed by atoms with Crippen molar-refractivity contribution in [1.82, 2.24) is 20.4 Å². The number of barbiturate groups is 1.